The number of carbonyl (C=O) groups is 2. The largest absolute Gasteiger partial charge is 0.340 e. The Kier molecular flexibility index (Phi) is 12.6. The highest BCUT2D eigenvalue weighted by molar-refractivity contribution is 6.33. The Bertz CT molecular complexity index is 567. The van der Waals surface area contributed by atoms with E-state index in [1.807, 2.05) is 24.1 Å². The number of nitrogens with zero attached hydrogens (tertiary/aromatic N) is 2. The van der Waals surface area contributed by atoms with Crippen LogP contribution >= 0.6 is 36.4 Å². The van der Waals surface area contributed by atoms with Gasteiger partial charge in [0.25, 0.3) is 0 Å². The fourth-order valence-corrected chi connectivity index (χ4v) is 2.87. The van der Waals surface area contributed by atoms with E-state index < -0.39 is 0 Å². The van der Waals surface area contributed by atoms with E-state index in [0.717, 1.165) is 13.0 Å². The van der Waals surface area contributed by atoms with Crippen molar-refractivity contribution >= 4 is 53.9 Å². The quantitative estimate of drug-likeness (QED) is 0.658. The molecule has 0 radical (unpaired) electrons. The molecule has 1 saturated heterocycles. The van der Waals surface area contributed by atoms with E-state index in [9.17, 15) is 9.59 Å². The summed E-state index contributed by atoms with van der Waals surface area (Å²) < 4.78 is 0. The molecule has 1 aromatic carbocycles. The van der Waals surface area contributed by atoms with Crippen LogP contribution in [0.2, 0.25) is 5.02 Å². The number of para-hydroxylation sites is 1. The first-order valence-electron chi connectivity index (χ1n) is 8.29. The molecular formula is C17H27Cl3N4O2. The zero-order chi connectivity index (χ0) is 17.4. The molecule has 0 unspecified atom stereocenters. The Morgan fingerprint density at radius 1 is 1.12 bits per heavy atom. The van der Waals surface area contributed by atoms with Crippen molar-refractivity contribution in [1.29, 1.82) is 0 Å². The Balaban J connectivity index is 0.00000312. The Morgan fingerprint density at radius 2 is 1.77 bits per heavy atom. The van der Waals surface area contributed by atoms with Gasteiger partial charge in [-0.05, 0) is 32.1 Å². The number of carbonyl (C=O) groups excluding carboxylic acids is 2. The van der Waals surface area contributed by atoms with Crippen LogP contribution in [0.15, 0.2) is 24.3 Å². The minimum atomic E-state index is -0.0862. The molecule has 1 aliphatic rings. The molecule has 1 fully saturated rings. The van der Waals surface area contributed by atoms with E-state index in [2.05, 4.69) is 15.5 Å². The molecule has 2 amide bonds. The first-order chi connectivity index (χ1) is 11.6. The normalized spacial score (nSPS) is 14.2. The van der Waals surface area contributed by atoms with Gasteiger partial charge in [0, 0.05) is 32.6 Å². The van der Waals surface area contributed by atoms with Crippen LogP contribution in [0, 0.1) is 0 Å². The summed E-state index contributed by atoms with van der Waals surface area (Å²) in [6.45, 7) is 3.96. The third kappa shape index (κ3) is 8.10. The lowest BCUT2D eigenvalue weighted by Crippen LogP contribution is -2.50. The highest BCUT2D eigenvalue weighted by Gasteiger charge is 2.22. The summed E-state index contributed by atoms with van der Waals surface area (Å²) in [5.41, 5.74) is 0.627. The van der Waals surface area contributed by atoms with Gasteiger partial charge in [0.15, 0.2) is 0 Å². The smallest absolute Gasteiger partial charge is 0.238 e. The van der Waals surface area contributed by atoms with Gasteiger partial charge in [-0.15, -0.1) is 24.8 Å². The van der Waals surface area contributed by atoms with Gasteiger partial charge < -0.3 is 15.5 Å². The fourth-order valence-electron chi connectivity index (χ4n) is 2.69. The van der Waals surface area contributed by atoms with Crippen LogP contribution in [0.4, 0.5) is 5.69 Å². The summed E-state index contributed by atoms with van der Waals surface area (Å²) in [6.07, 6.45) is 1.43. The Labute approximate surface area is 172 Å². The number of rotatable bonds is 7. The first kappa shape index (κ1) is 24.9. The SMILES string of the molecule is CNCCCC(=O)N1CCN(CC(=O)Nc2ccccc2Cl)CC1.Cl.Cl. The lowest BCUT2D eigenvalue weighted by Gasteiger charge is -2.34. The minimum absolute atomic E-state index is 0. The summed E-state index contributed by atoms with van der Waals surface area (Å²) >= 11 is 6.04. The second-order valence-electron chi connectivity index (χ2n) is 5.89. The molecule has 1 heterocycles. The molecule has 0 bridgehead atoms. The predicted octanol–water partition coefficient (Wildman–Crippen LogP) is 2.27. The number of halogens is 3. The lowest BCUT2D eigenvalue weighted by molar-refractivity contribution is -0.133. The fraction of sp³-hybridized carbons (Fsp3) is 0.529. The number of piperazine rings is 1. The molecule has 0 aliphatic carbocycles. The maximum absolute atomic E-state index is 12.1. The van der Waals surface area contributed by atoms with Crippen molar-refractivity contribution in [3.05, 3.63) is 29.3 Å². The standard InChI is InChI=1S/C17H25ClN4O2.2ClH/c1-19-8-4-7-17(24)22-11-9-21(10-12-22)13-16(23)20-15-6-3-2-5-14(15)18;;/h2-3,5-6,19H,4,7-13H2,1H3,(H,20,23);2*1H. The van der Waals surface area contributed by atoms with Crippen LogP contribution in [0.5, 0.6) is 0 Å². The molecule has 6 nitrogen and oxygen atoms in total. The zero-order valence-corrected chi connectivity index (χ0v) is 17.3. The third-order valence-corrected chi connectivity index (χ3v) is 4.39. The van der Waals surface area contributed by atoms with Crippen LogP contribution in [-0.4, -0.2) is 67.9 Å². The average Bonchev–Trinajstić information content (AvgIpc) is 2.58. The summed E-state index contributed by atoms with van der Waals surface area (Å²) in [5, 5.41) is 6.40. The average molecular weight is 426 g/mol. The van der Waals surface area contributed by atoms with Crippen LogP contribution in [0.1, 0.15) is 12.8 Å². The molecule has 0 aromatic heterocycles. The summed E-state index contributed by atoms with van der Waals surface area (Å²) in [4.78, 5) is 28.1. The number of benzene rings is 1. The monoisotopic (exact) mass is 424 g/mol. The second-order valence-corrected chi connectivity index (χ2v) is 6.30. The highest BCUT2D eigenvalue weighted by atomic mass is 35.5. The van der Waals surface area contributed by atoms with E-state index in [-0.39, 0.29) is 36.6 Å². The van der Waals surface area contributed by atoms with Gasteiger partial charge in [-0.1, -0.05) is 23.7 Å². The molecule has 0 spiro atoms. The van der Waals surface area contributed by atoms with Gasteiger partial charge in [0.05, 0.1) is 17.3 Å². The molecule has 0 atom stereocenters. The van der Waals surface area contributed by atoms with Gasteiger partial charge in [0.1, 0.15) is 0 Å². The zero-order valence-electron chi connectivity index (χ0n) is 14.9. The second kappa shape index (κ2) is 13.2. The van der Waals surface area contributed by atoms with Gasteiger partial charge in [-0.3, -0.25) is 14.5 Å². The number of amides is 2. The highest BCUT2D eigenvalue weighted by Crippen LogP contribution is 2.20. The number of anilines is 1. The summed E-state index contributed by atoms with van der Waals surface area (Å²) in [7, 11) is 1.89. The molecule has 148 valence electrons. The molecule has 2 N–H and O–H groups in total. The lowest BCUT2D eigenvalue weighted by atomic mass is 10.2. The minimum Gasteiger partial charge on any atom is -0.340 e. The summed E-state index contributed by atoms with van der Waals surface area (Å²) in [6, 6.07) is 7.18. The Morgan fingerprint density at radius 3 is 2.38 bits per heavy atom. The molecule has 1 aliphatic heterocycles. The molecule has 1 aromatic rings. The van der Waals surface area contributed by atoms with E-state index in [4.69, 9.17) is 11.6 Å². The van der Waals surface area contributed by atoms with Crippen LogP contribution in [0.25, 0.3) is 0 Å². The van der Waals surface area contributed by atoms with E-state index in [1.165, 1.54) is 0 Å². The van der Waals surface area contributed by atoms with Crippen LogP contribution in [-0.2, 0) is 9.59 Å². The first-order valence-corrected chi connectivity index (χ1v) is 8.67. The van der Waals surface area contributed by atoms with E-state index in [0.29, 0.717) is 49.9 Å². The van der Waals surface area contributed by atoms with Gasteiger partial charge >= 0.3 is 0 Å². The number of hydrogen-bond donors (Lipinski definition) is 2. The number of hydrogen-bond acceptors (Lipinski definition) is 4. The maximum Gasteiger partial charge on any atom is 0.238 e. The molecular weight excluding hydrogens is 399 g/mol. The van der Waals surface area contributed by atoms with Crippen LogP contribution < -0.4 is 10.6 Å². The van der Waals surface area contributed by atoms with Gasteiger partial charge in [-0.25, -0.2) is 0 Å². The van der Waals surface area contributed by atoms with Crippen molar-refractivity contribution in [2.75, 3.05) is 51.6 Å². The van der Waals surface area contributed by atoms with E-state index in [1.54, 1.807) is 12.1 Å². The van der Waals surface area contributed by atoms with Gasteiger partial charge in [0.2, 0.25) is 11.8 Å². The number of nitrogens with one attached hydrogen (secondary N) is 2. The van der Waals surface area contributed by atoms with Crippen molar-refractivity contribution < 1.29 is 9.59 Å². The molecule has 9 heteroatoms. The maximum atomic E-state index is 12.1. The third-order valence-electron chi connectivity index (χ3n) is 4.06. The molecule has 0 saturated carbocycles. The van der Waals surface area contributed by atoms with Gasteiger partial charge in [-0.2, -0.15) is 0 Å². The van der Waals surface area contributed by atoms with Crippen molar-refractivity contribution in [1.82, 2.24) is 15.1 Å². The van der Waals surface area contributed by atoms with Crippen molar-refractivity contribution in [2.24, 2.45) is 0 Å². The van der Waals surface area contributed by atoms with Crippen molar-refractivity contribution in [2.45, 2.75) is 12.8 Å². The summed E-state index contributed by atoms with van der Waals surface area (Å²) in [5.74, 6) is 0.113. The van der Waals surface area contributed by atoms with Crippen molar-refractivity contribution in [3.63, 3.8) is 0 Å². The molecule has 26 heavy (non-hydrogen) atoms. The predicted molar refractivity (Wildman–Crippen MR) is 111 cm³/mol. The van der Waals surface area contributed by atoms with Crippen molar-refractivity contribution in [3.8, 4) is 0 Å². The Hall–Kier alpha value is -1.05. The van der Waals surface area contributed by atoms with Crippen LogP contribution in [0.3, 0.4) is 0 Å². The van der Waals surface area contributed by atoms with E-state index >= 15 is 0 Å². The molecule has 2 rings (SSSR count). The topological polar surface area (TPSA) is 64.7 Å².